The third kappa shape index (κ3) is 1.56. The summed E-state index contributed by atoms with van der Waals surface area (Å²) in [5.41, 5.74) is 9.36. The molecule has 0 fully saturated rings. The fraction of sp³-hybridized carbons (Fsp3) is 0.0714. The predicted molar refractivity (Wildman–Crippen MR) is 75.6 cm³/mol. The third-order valence-electron chi connectivity index (χ3n) is 3.06. The minimum Gasteiger partial charge on any atom is -0.397 e. The number of fused-ring (bicyclic) bond motifs is 1. The van der Waals surface area contributed by atoms with Gasteiger partial charge in [-0.1, -0.05) is 29.8 Å². The Hall–Kier alpha value is -2.00. The number of benzene rings is 2. The van der Waals surface area contributed by atoms with Crippen LogP contribution in [0.5, 0.6) is 0 Å². The van der Waals surface area contributed by atoms with Crippen LogP contribution in [0.4, 0.5) is 5.69 Å². The first-order valence-electron chi connectivity index (χ1n) is 5.64. The van der Waals surface area contributed by atoms with Crippen LogP contribution in [0.3, 0.4) is 0 Å². The second kappa shape index (κ2) is 4.03. The van der Waals surface area contributed by atoms with E-state index >= 15 is 0 Å². The monoisotopic (exact) mass is 257 g/mol. The van der Waals surface area contributed by atoms with Crippen molar-refractivity contribution in [3.05, 3.63) is 47.5 Å². The van der Waals surface area contributed by atoms with Crippen molar-refractivity contribution in [1.82, 2.24) is 9.55 Å². The maximum Gasteiger partial charge on any atom is 0.142 e. The number of para-hydroxylation sites is 1. The Labute approximate surface area is 110 Å². The van der Waals surface area contributed by atoms with Gasteiger partial charge in [0.05, 0.1) is 16.2 Å². The molecule has 0 bridgehead atoms. The number of nitrogens with two attached hydrogens (primary N) is 1. The molecule has 0 saturated carbocycles. The van der Waals surface area contributed by atoms with Gasteiger partial charge in [0, 0.05) is 12.6 Å². The summed E-state index contributed by atoms with van der Waals surface area (Å²) in [7, 11) is 1.97. The van der Waals surface area contributed by atoms with Gasteiger partial charge in [0.25, 0.3) is 0 Å². The molecule has 3 rings (SSSR count). The highest BCUT2D eigenvalue weighted by Crippen LogP contribution is 2.30. The van der Waals surface area contributed by atoms with Crippen molar-refractivity contribution in [2.24, 2.45) is 7.05 Å². The maximum absolute atomic E-state index is 6.21. The number of rotatable bonds is 1. The number of halogens is 1. The highest BCUT2D eigenvalue weighted by atomic mass is 35.5. The van der Waals surface area contributed by atoms with E-state index in [1.54, 1.807) is 0 Å². The van der Waals surface area contributed by atoms with Gasteiger partial charge in [-0.05, 0) is 24.3 Å². The molecule has 0 aliphatic heterocycles. The van der Waals surface area contributed by atoms with Crippen molar-refractivity contribution in [1.29, 1.82) is 0 Å². The topological polar surface area (TPSA) is 43.8 Å². The van der Waals surface area contributed by atoms with Gasteiger partial charge < -0.3 is 10.3 Å². The van der Waals surface area contributed by atoms with E-state index in [-0.39, 0.29) is 0 Å². The number of aryl methyl sites for hydroxylation is 1. The fourth-order valence-corrected chi connectivity index (χ4v) is 2.34. The quantitative estimate of drug-likeness (QED) is 0.679. The zero-order chi connectivity index (χ0) is 12.7. The smallest absolute Gasteiger partial charge is 0.142 e. The molecule has 90 valence electrons. The number of aromatic nitrogens is 2. The van der Waals surface area contributed by atoms with E-state index in [4.69, 9.17) is 17.3 Å². The lowest BCUT2D eigenvalue weighted by Crippen LogP contribution is -1.92. The van der Waals surface area contributed by atoms with Gasteiger partial charge in [-0.25, -0.2) is 4.98 Å². The first-order chi connectivity index (χ1) is 8.68. The van der Waals surface area contributed by atoms with Crippen molar-refractivity contribution < 1.29 is 0 Å². The first-order valence-corrected chi connectivity index (χ1v) is 6.02. The third-order valence-corrected chi connectivity index (χ3v) is 3.39. The number of nitrogens with zero attached hydrogens (tertiary/aromatic N) is 2. The van der Waals surface area contributed by atoms with Crippen molar-refractivity contribution in [2.45, 2.75) is 0 Å². The van der Waals surface area contributed by atoms with Crippen LogP contribution in [0.15, 0.2) is 42.5 Å². The summed E-state index contributed by atoms with van der Waals surface area (Å²) in [6.45, 7) is 0. The van der Waals surface area contributed by atoms with Crippen LogP contribution in [0.1, 0.15) is 0 Å². The molecule has 2 N–H and O–H groups in total. The van der Waals surface area contributed by atoms with Crippen LogP contribution in [0.2, 0.25) is 5.02 Å². The van der Waals surface area contributed by atoms with Gasteiger partial charge in [-0.2, -0.15) is 0 Å². The van der Waals surface area contributed by atoms with Gasteiger partial charge in [0.2, 0.25) is 0 Å². The highest BCUT2D eigenvalue weighted by molar-refractivity contribution is 6.33. The molecule has 0 unspecified atom stereocenters. The number of nitrogen functional groups attached to an aromatic ring is 1. The van der Waals surface area contributed by atoms with Crippen molar-refractivity contribution in [3.8, 4) is 11.4 Å². The molecule has 3 aromatic rings. The number of hydrogen-bond donors (Lipinski definition) is 1. The first kappa shape index (κ1) is 11.1. The average Bonchev–Trinajstić information content (AvgIpc) is 2.70. The van der Waals surface area contributed by atoms with Crippen LogP contribution in [-0.4, -0.2) is 9.55 Å². The highest BCUT2D eigenvalue weighted by Gasteiger charge is 2.13. The summed E-state index contributed by atoms with van der Waals surface area (Å²) in [4.78, 5) is 4.60. The molecule has 0 spiro atoms. The van der Waals surface area contributed by atoms with Gasteiger partial charge in [-0.15, -0.1) is 0 Å². The lowest BCUT2D eigenvalue weighted by atomic mass is 10.2. The van der Waals surface area contributed by atoms with Gasteiger partial charge in [0.1, 0.15) is 11.3 Å². The van der Waals surface area contributed by atoms with Crippen molar-refractivity contribution in [2.75, 3.05) is 5.73 Å². The largest absolute Gasteiger partial charge is 0.397 e. The maximum atomic E-state index is 6.21. The van der Waals surface area contributed by atoms with E-state index in [1.807, 2.05) is 54.1 Å². The number of anilines is 1. The molecule has 0 saturated heterocycles. The van der Waals surface area contributed by atoms with E-state index in [2.05, 4.69) is 4.98 Å². The molecule has 1 aromatic heterocycles. The zero-order valence-electron chi connectivity index (χ0n) is 9.89. The molecule has 0 amide bonds. The standard InChI is InChI=1S/C14H12ClN3/c1-18-12-8-4-7-11(16)13(12)17-14(18)9-5-2-3-6-10(9)15/h2-8H,16H2,1H3. The van der Waals surface area contributed by atoms with Crippen LogP contribution >= 0.6 is 11.6 Å². The van der Waals surface area contributed by atoms with Gasteiger partial charge >= 0.3 is 0 Å². The summed E-state index contributed by atoms with van der Waals surface area (Å²) in [6.07, 6.45) is 0. The second-order valence-corrected chi connectivity index (χ2v) is 4.60. The number of imidazole rings is 1. The Bertz CT molecular complexity index is 731. The van der Waals surface area contributed by atoms with Crippen LogP contribution < -0.4 is 5.73 Å². The Morgan fingerprint density at radius 3 is 2.61 bits per heavy atom. The summed E-state index contributed by atoms with van der Waals surface area (Å²) >= 11 is 6.21. The summed E-state index contributed by atoms with van der Waals surface area (Å²) in [5, 5.41) is 0.689. The van der Waals surface area contributed by atoms with Crippen molar-refractivity contribution >= 4 is 28.3 Å². The molecule has 4 heteroatoms. The number of hydrogen-bond acceptors (Lipinski definition) is 2. The molecule has 18 heavy (non-hydrogen) atoms. The summed E-state index contributed by atoms with van der Waals surface area (Å²) < 4.78 is 2.01. The molecule has 2 aromatic carbocycles. The van der Waals surface area contributed by atoms with Crippen LogP contribution in [-0.2, 0) is 7.05 Å². The van der Waals surface area contributed by atoms with Gasteiger partial charge in [-0.3, -0.25) is 0 Å². The minimum absolute atomic E-state index is 0.682. The second-order valence-electron chi connectivity index (χ2n) is 4.19. The van der Waals surface area contributed by atoms with E-state index in [9.17, 15) is 0 Å². The molecular formula is C14H12ClN3. The van der Waals surface area contributed by atoms with E-state index in [0.29, 0.717) is 10.7 Å². The lowest BCUT2D eigenvalue weighted by Gasteiger charge is -2.04. The molecule has 3 nitrogen and oxygen atoms in total. The minimum atomic E-state index is 0.682. The van der Waals surface area contributed by atoms with Gasteiger partial charge in [0.15, 0.2) is 0 Å². The van der Waals surface area contributed by atoms with E-state index < -0.39 is 0 Å². The van der Waals surface area contributed by atoms with E-state index in [1.165, 1.54) is 0 Å². The normalized spacial score (nSPS) is 11.0. The van der Waals surface area contributed by atoms with Crippen LogP contribution in [0.25, 0.3) is 22.4 Å². The zero-order valence-corrected chi connectivity index (χ0v) is 10.6. The Morgan fingerprint density at radius 2 is 1.89 bits per heavy atom. The molecule has 0 radical (unpaired) electrons. The molecule has 0 aliphatic rings. The van der Waals surface area contributed by atoms with Crippen molar-refractivity contribution in [3.63, 3.8) is 0 Å². The fourth-order valence-electron chi connectivity index (χ4n) is 2.12. The molecular weight excluding hydrogens is 246 g/mol. The lowest BCUT2D eigenvalue weighted by molar-refractivity contribution is 0.959. The summed E-state index contributed by atoms with van der Waals surface area (Å²) in [6, 6.07) is 13.5. The molecule has 0 atom stereocenters. The summed E-state index contributed by atoms with van der Waals surface area (Å²) in [5.74, 6) is 0.827. The molecule has 0 aliphatic carbocycles. The Morgan fingerprint density at radius 1 is 1.11 bits per heavy atom. The Balaban J connectivity index is 2.35. The van der Waals surface area contributed by atoms with E-state index in [0.717, 1.165) is 22.4 Å². The Kier molecular flexibility index (Phi) is 2.49. The average molecular weight is 258 g/mol. The predicted octanol–water partition coefficient (Wildman–Crippen LogP) is 3.48. The SMILES string of the molecule is Cn1c(-c2ccccc2Cl)nc2c(N)cccc21. The molecule has 1 heterocycles. The van der Waals surface area contributed by atoms with Crippen LogP contribution in [0, 0.1) is 0 Å².